The van der Waals surface area contributed by atoms with Crippen molar-refractivity contribution in [1.82, 2.24) is 19.7 Å². The van der Waals surface area contributed by atoms with Crippen molar-refractivity contribution in [2.45, 2.75) is 25.8 Å². The number of hydrogen-bond donors (Lipinski definition) is 1. The van der Waals surface area contributed by atoms with Gasteiger partial charge in [0, 0.05) is 42.3 Å². The van der Waals surface area contributed by atoms with Gasteiger partial charge in [0.1, 0.15) is 5.82 Å². The van der Waals surface area contributed by atoms with Gasteiger partial charge in [-0.1, -0.05) is 12.1 Å². The molecule has 0 saturated heterocycles. The van der Waals surface area contributed by atoms with Gasteiger partial charge in [-0.3, -0.25) is 4.68 Å². The van der Waals surface area contributed by atoms with Crippen molar-refractivity contribution < 1.29 is 0 Å². The smallest absolute Gasteiger partial charge is 0.225 e. The first-order valence-corrected chi connectivity index (χ1v) is 9.30. The molecule has 2 heterocycles. The van der Waals surface area contributed by atoms with Crippen LogP contribution >= 0.6 is 0 Å². The van der Waals surface area contributed by atoms with E-state index in [9.17, 15) is 0 Å². The zero-order valence-corrected chi connectivity index (χ0v) is 15.8. The number of rotatable bonds is 4. The first kappa shape index (κ1) is 16.1. The molecule has 136 valence electrons. The predicted molar refractivity (Wildman–Crippen MR) is 110 cm³/mol. The van der Waals surface area contributed by atoms with Gasteiger partial charge in [-0.2, -0.15) is 10.1 Å². The van der Waals surface area contributed by atoms with Crippen molar-refractivity contribution in [3.05, 3.63) is 48.2 Å². The highest BCUT2D eigenvalue weighted by molar-refractivity contribution is 5.93. The van der Waals surface area contributed by atoms with E-state index in [2.05, 4.69) is 46.5 Å². The van der Waals surface area contributed by atoms with E-state index in [4.69, 9.17) is 9.97 Å². The number of aryl methyl sites for hydroxylation is 2. The van der Waals surface area contributed by atoms with Crippen molar-refractivity contribution in [2.75, 3.05) is 17.3 Å². The molecule has 6 heteroatoms. The molecule has 1 fully saturated rings. The van der Waals surface area contributed by atoms with Gasteiger partial charge in [0.05, 0.1) is 11.0 Å². The normalized spacial score (nSPS) is 14.0. The Morgan fingerprint density at radius 1 is 1.04 bits per heavy atom. The SMILES string of the molecule is Cc1c2ccc(N(C)c3nc(NC4CC4)nc4ccccc34)cc2nn1C. The van der Waals surface area contributed by atoms with Gasteiger partial charge in [0.2, 0.25) is 5.95 Å². The summed E-state index contributed by atoms with van der Waals surface area (Å²) < 4.78 is 1.92. The third-order valence-electron chi connectivity index (χ3n) is 5.31. The zero-order chi connectivity index (χ0) is 18.5. The lowest BCUT2D eigenvalue weighted by atomic mass is 10.1. The van der Waals surface area contributed by atoms with Crippen molar-refractivity contribution in [1.29, 1.82) is 0 Å². The van der Waals surface area contributed by atoms with Gasteiger partial charge < -0.3 is 10.2 Å². The standard InChI is InChI=1S/C21H22N6/c1-13-16-11-10-15(12-19(16)25-27(13)3)26(2)20-17-6-4-5-7-18(17)23-21(24-20)22-14-8-9-14/h4-7,10-12,14H,8-9H2,1-3H3,(H,22,23,24). The van der Waals surface area contributed by atoms with Crippen LogP contribution in [0.25, 0.3) is 21.8 Å². The number of anilines is 3. The summed E-state index contributed by atoms with van der Waals surface area (Å²) >= 11 is 0. The second-order valence-electron chi connectivity index (χ2n) is 7.28. The number of para-hydroxylation sites is 1. The summed E-state index contributed by atoms with van der Waals surface area (Å²) in [6, 6.07) is 15.1. The topological polar surface area (TPSA) is 58.9 Å². The Kier molecular flexibility index (Phi) is 3.53. The number of nitrogens with zero attached hydrogens (tertiary/aromatic N) is 5. The molecule has 0 radical (unpaired) electrons. The van der Waals surface area contributed by atoms with Crippen LogP contribution in [0.4, 0.5) is 17.5 Å². The average molecular weight is 358 g/mol. The summed E-state index contributed by atoms with van der Waals surface area (Å²) in [6.07, 6.45) is 2.38. The minimum Gasteiger partial charge on any atom is -0.351 e. The first-order valence-electron chi connectivity index (χ1n) is 9.30. The Bertz CT molecular complexity index is 1160. The molecular weight excluding hydrogens is 336 g/mol. The van der Waals surface area contributed by atoms with Crippen molar-refractivity contribution in [3.8, 4) is 0 Å². The maximum Gasteiger partial charge on any atom is 0.225 e. The Labute approximate surface area is 157 Å². The molecule has 6 nitrogen and oxygen atoms in total. The largest absolute Gasteiger partial charge is 0.351 e. The summed E-state index contributed by atoms with van der Waals surface area (Å²) in [5, 5.41) is 10.3. The van der Waals surface area contributed by atoms with Crippen LogP contribution < -0.4 is 10.2 Å². The number of benzene rings is 2. The van der Waals surface area contributed by atoms with E-state index < -0.39 is 0 Å². The molecule has 0 spiro atoms. The monoisotopic (exact) mass is 358 g/mol. The minimum absolute atomic E-state index is 0.511. The van der Waals surface area contributed by atoms with Crippen molar-refractivity contribution in [2.24, 2.45) is 7.05 Å². The van der Waals surface area contributed by atoms with Gasteiger partial charge in [0.25, 0.3) is 0 Å². The maximum atomic E-state index is 4.84. The molecule has 2 aromatic heterocycles. The molecule has 0 aliphatic heterocycles. The molecule has 4 aromatic rings. The van der Waals surface area contributed by atoms with Crippen LogP contribution in [0.1, 0.15) is 18.5 Å². The van der Waals surface area contributed by atoms with Crippen LogP contribution in [0.3, 0.4) is 0 Å². The van der Waals surface area contributed by atoms with Crippen LogP contribution in [0.2, 0.25) is 0 Å². The fourth-order valence-corrected chi connectivity index (χ4v) is 3.44. The zero-order valence-electron chi connectivity index (χ0n) is 15.8. The van der Waals surface area contributed by atoms with Crippen LogP contribution in [-0.2, 0) is 7.05 Å². The fraction of sp³-hybridized carbons (Fsp3) is 0.286. The average Bonchev–Trinajstić information content (AvgIpc) is 3.45. The summed E-state index contributed by atoms with van der Waals surface area (Å²) in [7, 11) is 4.03. The number of fused-ring (bicyclic) bond motifs is 2. The van der Waals surface area contributed by atoms with Gasteiger partial charge in [-0.05, 0) is 50.1 Å². The number of aromatic nitrogens is 4. The highest BCUT2D eigenvalue weighted by Crippen LogP contribution is 2.33. The third-order valence-corrected chi connectivity index (χ3v) is 5.31. The van der Waals surface area contributed by atoms with E-state index in [0.717, 1.165) is 27.9 Å². The van der Waals surface area contributed by atoms with E-state index >= 15 is 0 Å². The minimum atomic E-state index is 0.511. The van der Waals surface area contributed by atoms with Gasteiger partial charge in [-0.25, -0.2) is 4.98 Å². The highest BCUT2D eigenvalue weighted by atomic mass is 15.3. The van der Waals surface area contributed by atoms with Crippen LogP contribution in [0.15, 0.2) is 42.5 Å². The second-order valence-corrected chi connectivity index (χ2v) is 7.28. The molecule has 1 aliphatic rings. The molecule has 0 unspecified atom stereocenters. The van der Waals surface area contributed by atoms with Crippen molar-refractivity contribution >= 4 is 39.3 Å². The number of hydrogen-bond acceptors (Lipinski definition) is 5. The van der Waals surface area contributed by atoms with Crippen LogP contribution in [-0.4, -0.2) is 32.8 Å². The van der Waals surface area contributed by atoms with Gasteiger partial charge in [-0.15, -0.1) is 0 Å². The molecule has 2 aromatic carbocycles. The Morgan fingerprint density at radius 3 is 2.67 bits per heavy atom. The molecular formula is C21H22N6. The van der Waals surface area contributed by atoms with E-state index in [1.54, 1.807) is 0 Å². The molecule has 1 saturated carbocycles. The lowest BCUT2D eigenvalue weighted by Gasteiger charge is -2.21. The molecule has 1 aliphatic carbocycles. The fourth-order valence-electron chi connectivity index (χ4n) is 3.44. The van der Waals surface area contributed by atoms with Crippen LogP contribution in [0.5, 0.6) is 0 Å². The molecule has 0 amide bonds. The highest BCUT2D eigenvalue weighted by Gasteiger charge is 2.23. The van der Waals surface area contributed by atoms with E-state index in [1.165, 1.54) is 23.9 Å². The summed E-state index contributed by atoms with van der Waals surface area (Å²) in [5.74, 6) is 1.60. The van der Waals surface area contributed by atoms with Gasteiger partial charge >= 0.3 is 0 Å². The van der Waals surface area contributed by atoms with Gasteiger partial charge in [0.15, 0.2) is 0 Å². The lowest BCUT2D eigenvalue weighted by molar-refractivity contribution is 0.751. The van der Waals surface area contributed by atoms with E-state index in [0.29, 0.717) is 12.0 Å². The van der Waals surface area contributed by atoms with Crippen molar-refractivity contribution in [3.63, 3.8) is 0 Å². The van der Waals surface area contributed by atoms with Crippen LogP contribution in [0, 0.1) is 6.92 Å². The molecule has 27 heavy (non-hydrogen) atoms. The molecule has 1 N–H and O–H groups in total. The Balaban J connectivity index is 1.62. The summed E-state index contributed by atoms with van der Waals surface area (Å²) in [5.41, 5.74) is 4.17. The molecule has 5 rings (SSSR count). The second kappa shape index (κ2) is 5.94. The maximum absolute atomic E-state index is 4.84. The lowest BCUT2D eigenvalue weighted by Crippen LogP contribution is -2.14. The Morgan fingerprint density at radius 2 is 1.85 bits per heavy atom. The summed E-state index contributed by atoms with van der Waals surface area (Å²) in [6.45, 7) is 2.09. The van der Waals surface area contributed by atoms with E-state index in [-0.39, 0.29) is 0 Å². The summed E-state index contributed by atoms with van der Waals surface area (Å²) in [4.78, 5) is 11.6. The van der Waals surface area contributed by atoms with E-state index in [1.807, 2.05) is 37.0 Å². The third kappa shape index (κ3) is 2.77. The quantitative estimate of drug-likeness (QED) is 0.593. The molecule has 0 atom stereocenters. The first-order chi connectivity index (χ1) is 13.1. The predicted octanol–water partition coefficient (Wildman–Crippen LogP) is 4.17. The molecule has 0 bridgehead atoms. The number of nitrogens with one attached hydrogen (secondary N) is 1. The Hall–Kier alpha value is -3.15.